The third-order valence-electron chi connectivity index (χ3n) is 3.86. The summed E-state index contributed by atoms with van der Waals surface area (Å²) in [5, 5.41) is 9.60. The number of hydrogen-bond acceptors (Lipinski definition) is 4. The van der Waals surface area contributed by atoms with E-state index in [1.807, 2.05) is 0 Å². The van der Waals surface area contributed by atoms with Crippen molar-refractivity contribution in [2.24, 2.45) is 5.10 Å². The van der Waals surface area contributed by atoms with E-state index in [9.17, 15) is 13.6 Å². The van der Waals surface area contributed by atoms with Gasteiger partial charge in [-0.2, -0.15) is 5.10 Å². The zero-order valence-electron chi connectivity index (χ0n) is 15.5. The van der Waals surface area contributed by atoms with Crippen LogP contribution in [0.4, 0.5) is 20.2 Å². The Balaban J connectivity index is 1.58. The Bertz CT molecular complexity index is 1120. The highest BCUT2D eigenvalue weighted by atomic mass is 35.5. The molecule has 0 aliphatic rings. The van der Waals surface area contributed by atoms with Crippen LogP contribution in [0.15, 0.2) is 59.7 Å². The SMILES string of the molecule is CC(=NNC(=S)Nc1ccc(F)cc1F)c1ccc(NC(=O)c2ccc(Cl)s2)cc1. The maximum absolute atomic E-state index is 13.7. The van der Waals surface area contributed by atoms with Gasteiger partial charge in [-0.3, -0.25) is 10.2 Å². The topological polar surface area (TPSA) is 65.5 Å². The Kier molecular flexibility index (Phi) is 7.09. The van der Waals surface area contributed by atoms with Crippen molar-refractivity contribution in [3.63, 3.8) is 0 Å². The second-order valence-corrected chi connectivity index (χ2v) is 8.15. The number of benzene rings is 2. The molecule has 0 atom stereocenters. The summed E-state index contributed by atoms with van der Waals surface area (Å²) in [6.07, 6.45) is 0. The first kappa shape index (κ1) is 21.8. The summed E-state index contributed by atoms with van der Waals surface area (Å²) in [7, 11) is 0. The number of amides is 1. The van der Waals surface area contributed by atoms with Gasteiger partial charge in [0.25, 0.3) is 5.91 Å². The molecule has 0 spiro atoms. The molecule has 0 bridgehead atoms. The van der Waals surface area contributed by atoms with Crippen LogP contribution in [0, 0.1) is 11.6 Å². The van der Waals surface area contributed by atoms with Gasteiger partial charge in [0.1, 0.15) is 11.6 Å². The summed E-state index contributed by atoms with van der Waals surface area (Å²) in [6, 6.07) is 13.5. The molecular formula is C20H15ClF2N4OS2. The second kappa shape index (κ2) is 9.75. The summed E-state index contributed by atoms with van der Waals surface area (Å²) in [5.41, 5.74) is 4.67. The molecule has 0 aliphatic carbocycles. The highest BCUT2D eigenvalue weighted by molar-refractivity contribution is 7.80. The maximum Gasteiger partial charge on any atom is 0.265 e. The van der Waals surface area contributed by atoms with E-state index in [4.69, 9.17) is 23.8 Å². The lowest BCUT2D eigenvalue weighted by atomic mass is 10.1. The molecule has 0 radical (unpaired) electrons. The molecule has 0 saturated heterocycles. The minimum atomic E-state index is -0.762. The second-order valence-electron chi connectivity index (χ2n) is 6.02. The Morgan fingerprint density at radius 3 is 2.43 bits per heavy atom. The minimum absolute atomic E-state index is 0.0360. The van der Waals surface area contributed by atoms with E-state index in [0.29, 0.717) is 20.6 Å². The monoisotopic (exact) mass is 464 g/mol. The molecule has 30 heavy (non-hydrogen) atoms. The molecule has 1 amide bonds. The highest BCUT2D eigenvalue weighted by Crippen LogP contribution is 2.22. The number of nitrogens with one attached hydrogen (secondary N) is 3. The molecule has 0 unspecified atom stereocenters. The van der Waals surface area contributed by atoms with Gasteiger partial charge in [0.15, 0.2) is 5.11 Å². The van der Waals surface area contributed by atoms with Crippen molar-refractivity contribution < 1.29 is 13.6 Å². The molecule has 3 aromatic rings. The van der Waals surface area contributed by atoms with Gasteiger partial charge in [0.2, 0.25) is 0 Å². The molecule has 0 saturated carbocycles. The van der Waals surface area contributed by atoms with Gasteiger partial charge in [-0.1, -0.05) is 23.7 Å². The summed E-state index contributed by atoms with van der Waals surface area (Å²) in [4.78, 5) is 12.7. The standard InChI is InChI=1S/C20H15ClF2N4OS2/c1-11(26-27-20(29)25-16-7-4-13(22)10-15(16)23)12-2-5-14(6-3-12)24-19(28)17-8-9-18(21)30-17/h2-10H,1H3,(H,24,28)(H2,25,27,29). The molecular weight excluding hydrogens is 450 g/mol. The lowest BCUT2D eigenvalue weighted by Crippen LogP contribution is -2.25. The smallest absolute Gasteiger partial charge is 0.265 e. The number of thiophene rings is 1. The Labute approximate surface area is 185 Å². The quantitative estimate of drug-likeness (QED) is 0.259. The third kappa shape index (κ3) is 5.82. The van der Waals surface area contributed by atoms with Crippen LogP contribution in [0.5, 0.6) is 0 Å². The molecule has 3 rings (SSSR count). The van der Waals surface area contributed by atoms with Crippen LogP contribution in [0.3, 0.4) is 0 Å². The van der Waals surface area contributed by atoms with Crippen LogP contribution >= 0.6 is 35.2 Å². The number of nitrogens with zero attached hydrogens (tertiary/aromatic N) is 1. The van der Waals surface area contributed by atoms with E-state index in [-0.39, 0.29) is 16.7 Å². The average Bonchev–Trinajstić information content (AvgIpc) is 3.15. The van der Waals surface area contributed by atoms with Crippen molar-refractivity contribution in [1.82, 2.24) is 5.43 Å². The maximum atomic E-state index is 13.7. The zero-order chi connectivity index (χ0) is 21.7. The van der Waals surface area contributed by atoms with Crippen LogP contribution in [-0.2, 0) is 0 Å². The molecule has 1 aromatic heterocycles. The van der Waals surface area contributed by atoms with Gasteiger partial charge in [-0.25, -0.2) is 8.78 Å². The molecule has 154 valence electrons. The van der Waals surface area contributed by atoms with Crippen molar-refractivity contribution in [3.8, 4) is 0 Å². The normalized spacial score (nSPS) is 11.1. The number of rotatable bonds is 5. The van der Waals surface area contributed by atoms with Gasteiger partial charge < -0.3 is 10.6 Å². The number of hydrogen-bond donors (Lipinski definition) is 3. The molecule has 5 nitrogen and oxygen atoms in total. The van der Waals surface area contributed by atoms with Crippen LogP contribution in [0.1, 0.15) is 22.2 Å². The van der Waals surface area contributed by atoms with E-state index in [1.54, 1.807) is 43.3 Å². The highest BCUT2D eigenvalue weighted by Gasteiger charge is 2.09. The average molecular weight is 465 g/mol. The minimum Gasteiger partial charge on any atom is -0.329 e. The molecule has 0 aliphatic heterocycles. The Hall–Kier alpha value is -2.88. The number of carbonyl (C=O) groups excluding carboxylic acids is 1. The van der Waals surface area contributed by atoms with Crippen LogP contribution in [0.25, 0.3) is 0 Å². The molecule has 0 fully saturated rings. The lowest BCUT2D eigenvalue weighted by molar-refractivity contribution is 0.103. The Morgan fingerprint density at radius 2 is 1.80 bits per heavy atom. The largest absolute Gasteiger partial charge is 0.329 e. The van der Waals surface area contributed by atoms with Gasteiger partial charge in [0.05, 0.1) is 20.6 Å². The first-order valence-electron chi connectivity index (χ1n) is 8.55. The Morgan fingerprint density at radius 1 is 1.07 bits per heavy atom. The first-order chi connectivity index (χ1) is 14.3. The van der Waals surface area contributed by atoms with Crippen molar-refractivity contribution in [3.05, 3.63) is 81.0 Å². The van der Waals surface area contributed by atoms with Gasteiger partial charge in [-0.05, 0) is 61.1 Å². The van der Waals surface area contributed by atoms with E-state index in [0.717, 1.165) is 17.7 Å². The number of halogens is 3. The third-order valence-corrected chi connectivity index (χ3v) is 5.29. The van der Waals surface area contributed by atoms with Crippen LogP contribution in [-0.4, -0.2) is 16.7 Å². The zero-order valence-corrected chi connectivity index (χ0v) is 17.9. The van der Waals surface area contributed by atoms with Crippen LogP contribution < -0.4 is 16.1 Å². The summed E-state index contributed by atoms with van der Waals surface area (Å²) < 4.78 is 27.1. The molecule has 2 aromatic carbocycles. The van der Waals surface area contributed by atoms with Crippen molar-refractivity contribution in [2.45, 2.75) is 6.92 Å². The summed E-state index contributed by atoms with van der Waals surface area (Å²) in [6.45, 7) is 1.76. The fraction of sp³-hybridized carbons (Fsp3) is 0.0500. The predicted molar refractivity (Wildman–Crippen MR) is 122 cm³/mol. The van der Waals surface area contributed by atoms with Crippen molar-refractivity contribution in [1.29, 1.82) is 0 Å². The van der Waals surface area contributed by atoms with Gasteiger partial charge >= 0.3 is 0 Å². The lowest BCUT2D eigenvalue weighted by Gasteiger charge is -2.09. The van der Waals surface area contributed by atoms with E-state index >= 15 is 0 Å². The summed E-state index contributed by atoms with van der Waals surface area (Å²) >= 11 is 12.1. The van der Waals surface area contributed by atoms with E-state index < -0.39 is 11.6 Å². The fourth-order valence-electron chi connectivity index (χ4n) is 2.36. The van der Waals surface area contributed by atoms with Gasteiger partial charge in [-0.15, -0.1) is 11.3 Å². The van der Waals surface area contributed by atoms with E-state index in [2.05, 4.69) is 21.2 Å². The molecule has 10 heteroatoms. The number of hydrazone groups is 1. The fourth-order valence-corrected chi connectivity index (χ4v) is 3.46. The predicted octanol–water partition coefficient (Wildman–Crippen LogP) is 5.64. The first-order valence-corrected chi connectivity index (χ1v) is 10.2. The van der Waals surface area contributed by atoms with Crippen molar-refractivity contribution in [2.75, 3.05) is 10.6 Å². The molecule has 3 N–H and O–H groups in total. The van der Waals surface area contributed by atoms with Crippen molar-refractivity contribution >= 4 is 63.3 Å². The van der Waals surface area contributed by atoms with E-state index in [1.165, 1.54) is 17.4 Å². The van der Waals surface area contributed by atoms with Gasteiger partial charge in [0, 0.05) is 11.8 Å². The summed E-state index contributed by atoms with van der Waals surface area (Å²) in [5.74, 6) is -1.68. The number of anilines is 2. The number of carbonyl (C=O) groups is 1. The van der Waals surface area contributed by atoms with Crippen LogP contribution in [0.2, 0.25) is 4.34 Å². The molecule has 1 heterocycles. The number of thiocarbonyl (C=S) groups is 1.